The molecule has 0 aromatic heterocycles. The van der Waals surface area contributed by atoms with E-state index >= 15 is 0 Å². The van der Waals surface area contributed by atoms with Crippen molar-refractivity contribution in [2.24, 2.45) is 5.92 Å². The van der Waals surface area contributed by atoms with Crippen molar-refractivity contribution in [3.8, 4) is 5.75 Å². The second-order valence-corrected chi connectivity index (χ2v) is 6.25. The van der Waals surface area contributed by atoms with Gasteiger partial charge in [-0.3, -0.25) is 0 Å². The molecule has 0 spiro atoms. The number of fused-ring (bicyclic) bond motifs is 1. The van der Waals surface area contributed by atoms with E-state index in [0.717, 1.165) is 6.08 Å². The molecule has 1 saturated heterocycles. The monoisotopic (exact) mass is 322 g/mol. The van der Waals surface area contributed by atoms with E-state index in [9.17, 15) is 8.78 Å². The molecular weight excluding hydrogens is 302 g/mol. The molecule has 1 aliphatic carbocycles. The van der Waals surface area contributed by atoms with Gasteiger partial charge in [-0.05, 0) is 32.1 Å². The maximum Gasteiger partial charge on any atom is 0.299 e. The van der Waals surface area contributed by atoms with E-state index in [0.29, 0.717) is 5.75 Å². The number of para-hydroxylation sites is 1. The molecule has 1 heterocycles. The van der Waals surface area contributed by atoms with Gasteiger partial charge in [0.25, 0.3) is 5.92 Å². The summed E-state index contributed by atoms with van der Waals surface area (Å²) in [4.78, 5) is 0. The number of halogens is 2. The van der Waals surface area contributed by atoms with Gasteiger partial charge in [-0.2, -0.15) is 8.78 Å². The summed E-state index contributed by atoms with van der Waals surface area (Å²) in [5.74, 6) is -3.51. The Labute approximate surface area is 134 Å². The summed E-state index contributed by atoms with van der Waals surface area (Å²) < 4.78 is 44.5. The van der Waals surface area contributed by atoms with Gasteiger partial charge in [0.05, 0.1) is 0 Å². The number of ether oxygens (including phenoxy) is 3. The first-order chi connectivity index (χ1) is 10.8. The first-order valence-corrected chi connectivity index (χ1v) is 7.64. The fraction of sp³-hybridized carbons (Fsp3) is 0.444. The summed E-state index contributed by atoms with van der Waals surface area (Å²) in [5, 5.41) is 0. The molecule has 23 heavy (non-hydrogen) atoms. The van der Waals surface area contributed by atoms with Gasteiger partial charge in [0, 0.05) is 5.92 Å². The maximum atomic E-state index is 14.0. The Balaban J connectivity index is 1.57. The second-order valence-electron chi connectivity index (χ2n) is 6.25. The summed E-state index contributed by atoms with van der Waals surface area (Å²) >= 11 is 0. The molecular formula is C18H20F2O3. The highest BCUT2D eigenvalue weighted by molar-refractivity contribution is 5.22. The van der Waals surface area contributed by atoms with Crippen molar-refractivity contribution in [1.29, 1.82) is 0 Å². The van der Waals surface area contributed by atoms with Crippen LogP contribution in [0.5, 0.6) is 5.75 Å². The van der Waals surface area contributed by atoms with Crippen molar-refractivity contribution < 1.29 is 23.0 Å². The fourth-order valence-electron chi connectivity index (χ4n) is 2.78. The lowest BCUT2D eigenvalue weighted by molar-refractivity contribution is -0.146. The van der Waals surface area contributed by atoms with E-state index in [4.69, 9.17) is 14.2 Å². The molecule has 2 aliphatic rings. The number of hydrogen-bond acceptors (Lipinski definition) is 3. The number of benzene rings is 1. The van der Waals surface area contributed by atoms with E-state index in [-0.39, 0.29) is 18.1 Å². The Kier molecular flexibility index (Phi) is 4.25. The lowest BCUT2D eigenvalue weighted by Gasteiger charge is -2.19. The molecule has 3 rings (SSSR count). The lowest BCUT2D eigenvalue weighted by Crippen LogP contribution is -2.26. The zero-order valence-electron chi connectivity index (χ0n) is 13.1. The second kappa shape index (κ2) is 6.06. The standard InChI is InChI=1S/C18H20F2O3/c1-17(2)22-15-9-8-13(16(15)23-17)10-11-18(19,20)12-21-14-6-4-3-5-7-14/h3-11,13,15-16H,12H2,1-2H3/b11-10+/t13-,15+,16-/m0/s1. The van der Waals surface area contributed by atoms with Gasteiger partial charge < -0.3 is 14.2 Å². The number of rotatable bonds is 5. The average molecular weight is 322 g/mol. The molecule has 1 aromatic carbocycles. The van der Waals surface area contributed by atoms with Gasteiger partial charge in [0.2, 0.25) is 0 Å². The van der Waals surface area contributed by atoms with Gasteiger partial charge in [0.1, 0.15) is 18.0 Å². The van der Waals surface area contributed by atoms with Crippen LogP contribution in [0, 0.1) is 5.92 Å². The first-order valence-electron chi connectivity index (χ1n) is 7.64. The highest BCUT2D eigenvalue weighted by Crippen LogP contribution is 2.38. The Morgan fingerprint density at radius 2 is 1.91 bits per heavy atom. The molecule has 0 amide bonds. The van der Waals surface area contributed by atoms with Crippen LogP contribution in [0.4, 0.5) is 8.78 Å². The van der Waals surface area contributed by atoms with Gasteiger partial charge in [0.15, 0.2) is 12.4 Å². The van der Waals surface area contributed by atoms with Gasteiger partial charge in [-0.25, -0.2) is 0 Å². The Bertz CT molecular complexity index is 596. The van der Waals surface area contributed by atoms with Crippen molar-refractivity contribution in [1.82, 2.24) is 0 Å². The third kappa shape index (κ3) is 3.98. The summed E-state index contributed by atoms with van der Waals surface area (Å²) in [6, 6.07) is 8.59. The summed E-state index contributed by atoms with van der Waals surface area (Å²) in [7, 11) is 0. The Morgan fingerprint density at radius 1 is 1.17 bits per heavy atom. The van der Waals surface area contributed by atoms with Crippen molar-refractivity contribution >= 4 is 0 Å². The Morgan fingerprint density at radius 3 is 2.65 bits per heavy atom. The van der Waals surface area contributed by atoms with Crippen LogP contribution in [0.3, 0.4) is 0 Å². The van der Waals surface area contributed by atoms with Gasteiger partial charge >= 0.3 is 0 Å². The molecule has 0 unspecified atom stereocenters. The molecule has 1 fully saturated rings. The van der Waals surface area contributed by atoms with Crippen LogP contribution in [0.15, 0.2) is 54.6 Å². The topological polar surface area (TPSA) is 27.7 Å². The van der Waals surface area contributed by atoms with Crippen LogP contribution in [-0.4, -0.2) is 30.5 Å². The molecule has 3 nitrogen and oxygen atoms in total. The first kappa shape index (κ1) is 16.1. The van der Waals surface area contributed by atoms with Crippen molar-refractivity contribution in [3.05, 3.63) is 54.6 Å². The smallest absolute Gasteiger partial charge is 0.299 e. The highest BCUT2D eigenvalue weighted by atomic mass is 19.3. The van der Waals surface area contributed by atoms with Crippen LogP contribution in [0.2, 0.25) is 0 Å². The molecule has 3 atom stereocenters. The molecule has 5 heteroatoms. The van der Waals surface area contributed by atoms with Crippen molar-refractivity contribution in [2.75, 3.05) is 6.61 Å². The normalized spacial score (nSPS) is 29.1. The van der Waals surface area contributed by atoms with Crippen LogP contribution in [-0.2, 0) is 9.47 Å². The van der Waals surface area contributed by atoms with E-state index in [1.165, 1.54) is 6.08 Å². The van der Waals surface area contributed by atoms with Gasteiger partial charge in [-0.1, -0.05) is 36.4 Å². The summed E-state index contributed by atoms with van der Waals surface area (Å²) in [6.07, 6.45) is 5.66. The van der Waals surface area contributed by atoms with Gasteiger partial charge in [-0.15, -0.1) is 0 Å². The van der Waals surface area contributed by atoms with Crippen LogP contribution < -0.4 is 4.74 Å². The molecule has 0 N–H and O–H groups in total. The molecule has 0 radical (unpaired) electrons. The van der Waals surface area contributed by atoms with Crippen molar-refractivity contribution in [2.45, 2.75) is 37.8 Å². The minimum atomic E-state index is -3.04. The minimum Gasteiger partial charge on any atom is -0.487 e. The third-order valence-corrected chi connectivity index (χ3v) is 3.80. The van der Waals surface area contributed by atoms with E-state index in [1.54, 1.807) is 30.3 Å². The quantitative estimate of drug-likeness (QED) is 0.768. The average Bonchev–Trinajstić information content (AvgIpc) is 3.00. The SMILES string of the molecule is CC1(C)O[C@H]2[C@H](/C=C/C(F)(F)COc3ccccc3)C=C[C@H]2O1. The summed E-state index contributed by atoms with van der Waals surface area (Å²) in [5.41, 5.74) is 0. The number of alkyl halides is 2. The van der Waals surface area contributed by atoms with Crippen LogP contribution in [0.1, 0.15) is 13.8 Å². The third-order valence-electron chi connectivity index (χ3n) is 3.80. The lowest BCUT2D eigenvalue weighted by atomic mass is 10.0. The summed E-state index contributed by atoms with van der Waals surface area (Å²) in [6.45, 7) is 2.95. The highest BCUT2D eigenvalue weighted by Gasteiger charge is 2.45. The van der Waals surface area contributed by atoms with E-state index in [1.807, 2.05) is 26.0 Å². The predicted molar refractivity (Wildman–Crippen MR) is 82.5 cm³/mol. The molecule has 0 saturated carbocycles. The molecule has 124 valence electrons. The largest absolute Gasteiger partial charge is 0.487 e. The van der Waals surface area contributed by atoms with E-state index in [2.05, 4.69) is 0 Å². The predicted octanol–water partition coefficient (Wildman–Crippen LogP) is 3.96. The Hall–Kier alpha value is -1.72. The van der Waals surface area contributed by atoms with Crippen LogP contribution in [0.25, 0.3) is 0 Å². The van der Waals surface area contributed by atoms with Crippen LogP contribution >= 0.6 is 0 Å². The minimum absolute atomic E-state index is 0.172. The molecule has 0 bridgehead atoms. The maximum absolute atomic E-state index is 14.0. The number of hydrogen-bond donors (Lipinski definition) is 0. The molecule has 1 aromatic rings. The molecule has 1 aliphatic heterocycles. The zero-order valence-corrected chi connectivity index (χ0v) is 13.1. The van der Waals surface area contributed by atoms with Crippen molar-refractivity contribution in [3.63, 3.8) is 0 Å². The zero-order chi connectivity index (χ0) is 16.5. The van der Waals surface area contributed by atoms with E-state index < -0.39 is 18.3 Å². The fourth-order valence-corrected chi connectivity index (χ4v) is 2.78.